The Kier molecular flexibility index (Phi) is 5.72. The lowest BCUT2D eigenvalue weighted by atomic mass is 10.1. The van der Waals surface area contributed by atoms with Crippen molar-refractivity contribution in [1.82, 2.24) is 19.3 Å². The van der Waals surface area contributed by atoms with Gasteiger partial charge in [0.25, 0.3) is 0 Å². The summed E-state index contributed by atoms with van der Waals surface area (Å²) in [5, 5.41) is 11.9. The van der Waals surface area contributed by atoms with Crippen molar-refractivity contribution in [2.24, 2.45) is 0 Å². The van der Waals surface area contributed by atoms with Crippen LogP contribution in [0.2, 0.25) is 0 Å². The van der Waals surface area contributed by atoms with Gasteiger partial charge < -0.3 is 9.47 Å². The van der Waals surface area contributed by atoms with Crippen LogP contribution in [-0.2, 0) is 15.5 Å². The number of methoxy groups -OCH3 is 1. The maximum atomic E-state index is 13.6. The molecule has 0 radical (unpaired) electrons. The molecule has 3 aliphatic rings. The van der Waals surface area contributed by atoms with Crippen molar-refractivity contribution in [2.75, 3.05) is 33.3 Å². The number of benzene rings is 2. The maximum Gasteiger partial charge on any atom is 0.346 e. The minimum absolute atomic E-state index is 0.136. The molecule has 1 atom stereocenters. The Labute approximate surface area is 207 Å². The zero-order chi connectivity index (χ0) is 24.9. The first-order chi connectivity index (χ1) is 17.5. The van der Waals surface area contributed by atoms with E-state index in [0.717, 1.165) is 31.7 Å². The van der Waals surface area contributed by atoms with Gasteiger partial charge in [-0.25, -0.2) is 19.3 Å². The van der Waals surface area contributed by atoms with Gasteiger partial charge in [0, 0.05) is 50.2 Å². The topological polar surface area (TPSA) is 120 Å². The molecule has 1 aliphatic carbocycles. The van der Waals surface area contributed by atoms with Crippen molar-refractivity contribution >= 4 is 13.4 Å². The first-order valence-corrected chi connectivity index (χ1v) is 13.2. The van der Waals surface area contributed by atoms with Crippen LogP contribution in [0.25, 0.3) is 11.4 Å². The van der Waals surface area contributed by atoms with Crippen LogP contribution in [0.5, 0.6) is 17.2 Å². The smallest absolute Gasteiger partial charge is 0.346 e. The number of ether oxygens (including phenoxy) is 2. The molecule has 2 saturated heterocycles. The Morgan fingerprint density at radius 3 is 2.44 bits per heavy atom. The molecule has 2 aromatic carbocycles. The van der Waals surface area contributed by atoms with Gasteiger partial charge >= 0.3 is 13.4 Å². The van der Waals surface area contributed by atoms with Crippen molar-refractivity contribution in [2.45, 2.75) is 18.9 Å². The highest BCUT2D eigenvalue weighted by Crippen LogP contribution is 2.64. The van der Waals surface area contributed by atoms with E-state index in [-0.39, 0.29) is 11.4 Å². The molecule has 0 saturated carbocycles. The first kappa shape index (κ1) is 23.1. The second-order valence-electron chi connectivity index (χ2n) is 8.81. The van der Waals surface area contributed by atoms with Crippen LogP contribution >= 0.6 is 7.67 Å². The third kappa shape index (κ3) is 4.14. The zero-order valence-electron chi connectivity index (χ0n) is 19.6. The van der Waals surface area contributed by atoms with Gasteiger partial charge in [-0.2, -0.15) is 0 Å². The molecule has 3 heterocycles. The Hall–Kier alpha value is -3.37. The molecule has 3 aromatic rings. The fourth-order valence-corrected chi connectivity index (χ4v) is 6.91. The van der Waals surface area contributed by atoms with Crippen LogP contribution in [-0.4, -0.2) is 57.5 Å². The Bertz CT molecular complexity index is 1360. The van der Waals surface area contributed by atoms with Gasteiger partial charge in [-0.15, -0.1) is 0 Å². The van der Waals surface area contributed by atoms with E-state index in [2.05, 4.69) is 9.97 Å². The number of nitro groups is 1. The third-order valence-electron chi connectivity index (χ3n) is 6.50. The number of aromatic nitrogens is 2. The normalized spacial score (nSPS) is 19.1. The highest BCUT2D eigenvalue weighted by Gasteiger charge is 2.51. The van der Waals surface area contributed by atoms with Crippen LogP contribution in [0.4, 0.5) is 5.69 Å². The van der Waals surface area contributed by atoms with Crippen molar-refractivity contribution < 1.29 is 23.5 Å². The molecule has 2 aliphatic heterocycles. The number of fused-ring (bicyclic) bond motifs is 1. The standard InChI is InChI=1S/C24H24N5O6P/c1-33-21-7-3-16(15-19(21)24-25-9-2-10-26-24)34-23-18-5-8-22(17(18)4-6-20(23)29(30)31)35-36(32,27-11-12-27)28-13-14-28/h2-4,6-7,9-10,15,22H,5,8,11-14H2,1H3/t22-/m0/s1. The minimum atomic E-state index is -3.04. The molecule has 186 valence electrons. The van der Waals surface area contributed by atoms with Gasteiger partial charge in [0.05, 0.1) is 23.7 Å². The van der Waals surface area contributed by atoms with E-state index < -0.39 is 18.7 Å². The maximum absolute atomic E-state index is 13.6. The van der Waals surface area contributed by atoms with Crippen LogP contribution in [0.3, 0.4) is 0 Å². The molecule has 0 amide bonds. The highest BCUT2D eigenvalue weighted by atomic mass is 31.2. The van der Waals surface area contributed by atoms with Crippen molar-refractivity contribution in [3.63, 3.8) is 0 Å². The predicted molar refractivity (Wildman–Crippen MR) is 130 cm³/mol. The number of hydrogen-bond donors (Lipinski definition) is 0. The number of nitrogens with zero attached hydrogens (tertiary/aromatic N) is 5. The first-order valence-electron chi connectivity index (χ1n) is 11.7. The summed E-state index contributed by atoms with van der Waals surface area (Å²) >= 11 is 0. The average molecular weight is 509 g/mol. The van der Waals surface area contributed by atoms with Crippen molar-refractivity contribution in [1.29, 1.82) is 0 Å². The molecule has 6 rings (SSSR count). The predicted octanol–water partition coefficient (Wildman–Crippen LogP) is 4.60. The summed E-state index contributed by atoms with van der Waals surface area (Å²) in [6.45, 7) is 3.03. The molecule has 1 aromatic heterocycles. The van der Waals surface area contributed by atoms with Crippen LogP contribution < -0.4 is 9.47 Å². The van der Waals surface area contributed by atoms with Gasteiger partial charge in [-0.3, -0.25) is 19.2 Å². The second-order valence-corrected chi connectivity index (χ2v) is 11.1. The highest BCUT2D eigenvalue weighted by molar-refractivity contribution is 7.54. The number of hydrogen-bond acceptors (Lipinski definition) is 8. The Morgan fingerprint density at radius 2 is 1.81 bits per heavy atom. The molecule has 0 unspecified atom stereocenters. The summed E-state index contributed by atoms with van der Waals surface area (Å²) in [6, 6.07) is 9.95. The molecule has 12 heteroatoms. The van der Waals surface area contributed by atoms with Gasteiger partial charge in [-0.05, 0) is 48.7 Å². The molecular weight excluding hydrogens is 485 g/mol. The summed E-state index contributed by atoms with van der Waals surface area (Å²) in [5.74, 6) is 1.55. The summed E-state index contributed by atoms with van der Waals surface area (Å²) < 4.78 is 35.2. The van der Waals surface area contributed by atoms with E-state index in [1.807, 2.05) is 9.34 Å². The SMILES string of the molecule is COc1ccc(Oc2c([N+](=O)[O-])ccc3c2CC[C@@H]3OP(=O)(N2CC2)N2CC2)cc1-c1ncccn1. The average Bonchev–Trinajstić information content (AvgIpc) is 3.81. The van der Waals surface area contributed by atoms with Gasteiger partial charge in [0.15, 0.2) is 5.82 Å². The molecule has 36 heavy (non-hydrogen) atoms. The largest absolute Gasteiger partial charge is 0.496 e. The Morgan fingerprint density at radius 1 is 1.08 bits per heavy atom. The van der Waals surface area contributed by atoms with Gasteiger partial charge in [0.1, 0.15) is 11.5 Å². The van der Waals surface area contributed by atoms with Crippen LogP contribution in [0.1, 0.15) is 23.7 Å². The quantitative estimate of drug-likeness (QED) is 0.175. The summed E-state index contributed by atoms with van der Waals surface area (Å²) in [7, 11) is -1.50. The lowest BCUT2D eigenvalue weighted by molar-refractivity contribution is -0.385. The van der Waals surface area contributed by atoms with Crippen molar-refractivity contribution in [3.05, 3.63) is 70.0 Å². The lowest BCUT2D eigenvalue weighted by Gasteiger charge is -2.24. The van der Waals surface area contributed by atoms with E-state index in [0.29, 0.717) is 41.3 Å². The summed E-state index contributed by atoms with van der Waals surface area (Å²) in [6.07, 6.45) is 3.92. The third-order valence-corrected chi connectivity index (χ3v) is 9.26. The second kappa shape index (κ2) is 8.94. The summed E-state index contributed by atoms with van der Waals surface area (Å²) in [5.41, 5.74) is 1.94. The Balaban J connectivity index is 1.36. The molecule has 0 bridgehead atoms. The zero-order valence-corrected chi connectivity index (χ0v) is 20.5. The number of rotatable bonds is 9. The molecule has 11 nitrogen and oxygen atoms in total. The molecule has 0 spiro atoms. The van der Waals surface area contributed by atoms with E-state index in [1.54, 1.807) is 49.8 Å². The minimum Gasteiger partial charge on any atom is -0.496 e. The summed E-state index contributed by atoms with van der Waals surface area (Å²) in [4.78, 5) is 20.0. The lowest BCUT2D eigenvalue weighted by Crippen LogP contribution is -2.11. The van der Waals surface area contributed by atoms with Gasteiger partial charge in [-0.1, -0.05) is 0 Å². The molecular formula is C24H24N5O6P. The van der Waals surface area contributed by atoms with E-state index in [1.165, 1.54) is 6.07 Å². The van der Waals surface area contributed by atoms with E-state index in [9.17, 15) is 14.7 Å². The molecule has 2 fully saturated rings. The fraction of sp³-hybridized carbons (Fsp3) is 0.333. The van der Waals surface area contributed by atoms with E-state index in [4.69, 9.17) is 14.0 Å². The van der Waals surface area contributed by atoms with Crippen LogP contribution in [0.15, 0.2) is 48.8 Å². The van der Waals surface area contributed by atoms with Crippen LogP contribution in [0, 0.1) is 10.1 Å². The fourth-order valence-electron chi connectivity index (χ4n) is 4.54. The van der Waals surface area contributed by atoms with E-state index >= 15 is 0 Å². The number of nitro benzene ring substituents is 1. The monoisotopic (exact) mass is 509 g/mol. The van der Waals surface area contributed by atoms with Crippen molar-refractivity contribution in [3.8, 4) is 28.6 Å². The van der Waals surface area contributed by atoms with Gasteiger partial charge in [0.2, 0.25) is 5.75 Å². The molecule has 0 N–H and O–H groups in total.